The van der Waals surface area contributed by atoms with Gasteiger partial charge in [-0.25, -0.2) is 0 Å². The third-order valence-electron chi connectivity index (χ3n) is 2.46. The second kappa shape index (κ2) is 7.60. The molecule has 0 fully saturated rings. The maximum atomic E-state index is 11.3. The van der Waals surface area contributed by atoms with Gasteiger partial charge in [0, 0.05) is 19.2 Å². The maximum Gasteiger partial charge on any atom is 0.223 e. The summed E-state index contributed by atoms with van der Waals surface area (Å²) in [5.74, 6) is 0.150. The third kappa shape index (κ3) is 5.05. The van der Waals surface area contributed by atoms with Crippen LogP contribution in [-0.4, -0.2) is 17.4 Å². The molecular weight excluding hydrogens is 174 g/mol. The number of nitrogens with zero attached hydrogens (tertiary/aromatic N) is 1. The molecule has 2 nitrogen and oxygen atoms in total. The number of carbonyl (C=O) groups excluding carboxylic acids is 1. The lowest BCUT2D eigenvalue weighted by atomic mass is 10.2. The highest BCUT2D eigenvalue weighted by molar-refractivity contribution is 5.75. The summed E-state index contributed by atoms with van der Waals surface area (Å²) < 4.78 is 0. The van der Waals surface area contributed by atoms with E-state index in [1.807, 2.05) is 24.8 Å². The first-order valence-electron chi connectivity index (χ1n) is 5.54. The van der Waals surface area contributed by atoms with E-state index in [1.165, 1.54) is 19.3 Å². The average molecular weight is 197 g/mol. The van der Waals surface area contributed by atoms with E-state index in [9.17, 15) is 4.79 Å². The second-order valence-corrected chi connectivity index (χ2v) is 3.66. The zero-order chi connectivity index (χ0) is 11.0. The van der Waals surface area contributed by atoms with Crippen molar-refractivity contribution in [3.63, 3.8) is 0 Å². The van der Waals surface area contributed by atoms with Crippen LogP contribution in [0.2, 0.25) is 0 Å². The molecule has 0 aliphatic rings. The molecule has 0 N–H and O–H groups in total. The summed E-state index contributed by atoms with van der Waals surface area (Å²) in [6.45, 7) is 8.65. The third-order valence-corrected chi connectivity index (χ3v) is 2.46. The van der Waals surface area contributed by atoms with Crippen LogP contribution in [0, 0.1) is 0 Å². The lowest BCUT2D eigenvalue weighted by Gasteiger charge is -2.21. The Bertz CT molecular complexity index is 196. The molecule has 0 unspecified atom stereocenters. The molecule has 14 heavy (non-hydrogen) atoms. The molecule has 0 atom stereocenters. The molecule has 0 spiro atoms. The van der Waals surface area contributed by atoms with E-state index in [0.29, 0.717) is 0 Å². The minimum Gasteiger partial charge on any atom is -0.317 e. The number of amides is 1. The highest BCUT2D eigenvalue weighted by Crippen LogP contribution is 2.07. The summed E-state index contributed by atoms with van der Waals surface area (Å²) >= 11 is 0. The van der Waals surface area contributed by atoms with Gasteiger partial charge >= 0.3 is 0 Å². The van der Waals surface area contributed by atoms with E-state index in [1.54, 1.807) is 6.92 Å². The highest BCUT2D eigenvalue weighted by atomic mass is 16.2. The van der Waals surface area contributed by atoms with Crippen molar-refractivity contribution in [1.29, 1.82) is 0 Å². The molecule has 0 aromatic carbocycles. The lowest BCUT2D eigenvalue weighted by Crippen LogP contribution is -2.27. The number of carbonyl (C=O) groups is 1. The summed E-state index contributed by atoms with van der Waals surface area (Å²) in [5.41, 5.74) is 1.06. The van der Waals surface area contributed by atoms with Gasteiger partial charge in [0.2, 0.25) is 5.91 Å². The zero-order valence-corrected chi connectivity index (χ0v) is 9.97. The molecular formula is C12H23NO. The molecule has 0 heterocycles. The van der Waals surface area contributed by atoms with Gasteiger partial charge in [-0.1, -0.05) is 32.3 Å². The molecule has 0 aliphatic carbocycles. The first kappa shape index (κ1) is 13.2. The van der Waals surface area contributed by atoms with Crippen molar-refractivity contribution in [2.45, 2.75) is 53.4 Å². The Morgan fingerprint density at radius 2 is 1.86 bits per heavy atom. The standard InChI is InChI=1S/C12H23NO/c1-5-7-8-9-10-13(12(4)14)11(3)6-2/h6H,5,7-10H2,1-4H3/b11-6+. The number of rotatable bonds is 6. The predicted octanol–water partition coefficient (Wildman–Crippen LogP) is 3.34. The maximum absolute atomic E-state index is 11.3. The van der Waals surface area contributed by atoms with Crippen LogP contribution in [0.5, 0.6) is 0 Å². The van der Waals surface area contributed by atoms with E-state index < -0.39 is 0 Å². The van der Waals surface area contributed by atoms with Crippen LogP contribution < -0.4 is 0 Å². The first-order valence-corrected chi connectivity index (χ1v) is 5.54. The smallest absolute Gasteiger partial charge is 0.223 e. The van der Waals surface area contributed by atoms with E-state index in [4.69, 9.17) is 0 Å². The van der Waals surface area contributed by atoms with Gasteiger partial charge in [0.25, 0.3) is 0 Å². The monoisotopic (exact) mass is 197 g/mol. The number of allylic oxidation sites excluding steroid dienone is 2. The number of hydrogen-bond acceptors (Lipinski definition) is 1. The molecule has 2 heteroatoms. The summed E-state index contributed by atoms with van der Waals surface area (Å²) in [6.07, 6.45) is 6.82. The van der Waals surface area contributed by atoms with Crippen LogP contribution in [0.15, 0.2) is 11.8 Å². The Morgan fingerprint density at radius 3 is 2.29 bits per heavy atom. The van der Waals surface area contributed by atoms with Crippen molar-refractivity contribution in [2.24, 2.45) is 0 Å². The van der Waals surface area contributed by atoms with Crippen molar-refractivity contribution in [1.82, 2.24) is 4.90 Å². The van der Waals surface area contributed by atoms with Gasteiger partial charge in [-0.2, -0.15) is 0 Å². The molecule has 0 aromatic rings. The Morgan fingerprint density at radius 1 is 1.21 bits per heavy atom. The molecule has 0 bridgehead atoms. The van der Waals surface area contributed by atoms with Crippen LogP contribution in [-0.2, 0) is 4.79 Å². The van der Waals surface area contributed by atoms with Gasteiger partial charge in [-0.3, -0.25) is 4.79 Å². The van der Waals surface area contributed by atoms with Gasteiger partial charge in [-0.15, -0.1) is 0 Å². The molecule has 0 saturated carbocycles. The van der Waals surface area contributed by atoms with E-state index in [2.05, 4.69) is 6.92 Å². The van der Waals surface area contributed by atoms with E-state index in [-0.39, 0.29) is 5.91 Å². The molecule has 0 aromatic heterocycles. The number of hydrogen-bond donors (Lipinski definition) is 0. The van der Waals surface area contributed by atoms with Crippen molar-refractivity contribution in [3.05, 3.63) is 11.8 Å². The topological polar surface area (TPSA) is 20.3 Å². The van der Waals surface area contributed by atoms with E-state index in [0.717, 1.165) is 18.7 Å². The van der Waals surface area contributed by atoms with Crippen LogP contribution in [0.1, 0.15) is 53.4 Å². The SMILES string of the molecule is C/C=C(\C)N(CCCCCC)C(C)=O. The van der Waals surface area contributed by atoms with Gasteiger partial charge in [0.05, 0.1) is 0 Å². The molecule has 0 rings (SSSR count). The fraction of sp³-hybridized carbons (Fsp3) is 0.750. The first-order chi connectivity index (χ1) is 6.63. The largest absolute Gasteiger partial charge is 0.317 e. The number of unbranched alkanes of at least 4 members (excludes halogenated alkanes) is 3. The Hall–Kier alpha value is -0.790. The van der Waals surface area contributed by atoms with Crippen LogP contribution >= 0.6 is 0 Å². The quantitative estimate of drug-likeness (QED) is 0.598. The molecule has 82 valence electrons. The summed E-state index contributed by atoms with van der Waals surface area (Å²) in [5, 5.41) is 0. The van der Waals surface area contributed by atoms with E-state index >= 15 is 0 Å². The Balaban J connectivity index is 3.93. The van der Waals surface area contributed by atoms with Crippen molar-refractivity contribution in [3.8, 4) is 0 Å². The van der Waals surface area contributed by atoms with Crippen LogP contribution in [0.4, 0.5) is 0 Å². The van der Waals surface area contributed by atoms with Gasteiger partial charge in [0.15, 0.2) is 0 Å². The fourth-order valence-electron chi connectivity index (χ4n) is 1.43. The molecule has 0 radical (unpaired) electrons. The second-order valence-electron chi connectivity index (χ2n) is 3.66. The highest BCUT2D eigenvalue weighted by Gasteiger charge is 2.08. The lowest BCUT2D eigenvalue weighted by molar-refractivity contribution is -0.127. The fourth-order valence-corrected chi connectivity index (χ4v) is 1.43. The van der Waals surface area contributed by atoms with Crippen molar-refractivity contribution < 1.29 is 4.79 Å². The van der Waals surface area contributed by atoms with Crippen LogP contribution in [0.25, 0.3) is 0 Å². The predicted molar refractivity (Wildman–Crippen MR) is 61.0 cm³/mol. The van der Waals surface area contributed by atoms with Crippen LogP contribution in [0.3, 0.4) is 0 Å². The van der Waals surface area contributed by atoms with Gasteiger partial charge in [0.1, 0.15) is 0 Å². The summed E-state index contributed by atoms with van der Waals surface area (Å²) in [6, 6.07) is 0. The summed E-state index contributed by atoms with van der Waals surface area (Å²) in [7, 11) is 0. The zero-order valence-electron chi connectivity index (χ0n) is 9.97. The minimum absolute atomic E-state index is 0.150. The molecule has 1 amide bonds. The Labute approximate surface area is 88.0 Å². The molecule has 0 aliphatic heterocycles. The van der Waals surface area contributed by atoms with Crippen molar-refractivity contribution >= 4 is 5.91 Å². The van der Waals surface area contributed by atoms with Gasteiger partial charge < -0.3 is 4.90 Å². The summed E-state index contributed by atoms with van der Waals surface area (Å²) in [4.78, 5) is 13.1. The average Bonchev–Trinajstić information content (AvgIpc) is 2.16. The van der Waals surface area contributed by atoms with Crippen molar-refractivity contribution in [2.75, 3.05) is 6.54 Å². The minimum atomic E-state index is 0.150. The van der Waals surface area contributed by atoms with Gasteiger partial charge in [-0.05, 0) is 20.3 Å². The molecule has 0 saturated heterocycles. The Kier molecular flexibility index (Phi) is 7.17. The normalized spacial score (nSPS) is 11.6.